The Morgan fingerprint density at radius 1 is 1.03 bits per heavy atom. The quantitative estimate of drug-likeness (QED) is 0.538. The monoisotopic (exact) mass is 427 g/mol. The summed E-state index contributed by atoms with van der Waals surface area (Å²) in [5.74, 6) is 1.47. The van der Waals surface area contributed by atoms with E-state index in [2.05, 4.69) is 10.3 Å². The number of para-hydroxylation sites is 3. The van der Waals surface area contributed by atoms with E-state index in [1.165, 1.54) is 0 Å². The number of nitrogens with one attached hydrogen (secondary N) is 1. The lowest BCUT2D eigenvalue weighted by Gasteiger charge is -2.25. The number of hydrogen-bond acceptors (Lipinski definition) is 5. The first-order valence-corrected chi connectivity index (χ1v) is 10.3. The number of amides is 1. The highest BCUT2D eigenvalue weighted by atomic mass is 16.6. The standard InChI is InChI=1S/C25H21N3O4/c1-15-13-17(28-16(2)26-20-8-4-3-7-18(20)25(28)30)11-12-19(15)27-24(29)23-14-31-21-9-5-6-10-22(21)32-23/h3-13,23H,14H2,1-2H3,(H,27,29). The Morgan fingerprint density at radius 3 is 2.59 bits per heavy atom. The van der Waals surface area contributed by atoms with E-state index in [-0.39, 0.29) is 18.1 Å². The van der Waals surface area contributed by atoms with Crippen LogP contribution in [0.2, 0.25) is 0 Å². The molecule has 7 nitrogen and oxygen atoms in total. The van der Waals surface area contributed by atoms with Gasteiger partial charge in [0.25, 0.3) is 11.5 Å². The second kappa shape index (κ2) is 7.85. The molecular formula is C25H21N3O4. The predicted molar refractivity (Wildman–Crippen MR) is 122 cm³/mol. The SMILES string of the molecule is Cc1cc(-n2c(C)nc3ccccc3c2=O)ccc1NC(=O)C1COc2ccccc2O1. The summed E-state index contributed by atoms with van der Waals surface area (Å²) < 4.78 is 13.0. The summed E-state index contributed by atoms with van der Waals surface area (Å²) in [6.07, 6.45) is -0.751. The first-order chi connectivity index (χ1) is 15.5. The fourth-order valence-corrected chi connectivity index (χ4v) is 3.84. The van der Waals surface area contributed by atoms with Crippen molar-refractivity contribution in [3.05, 3.63) is 88.5 Å². The smallest absolute Gasteiger partial charge is 0.269 e. The number of carbonyl (C=O) groups is 1. The minimum Gasteiger partial charge on any atom is -0.485 e. The first kappa shape index (κ1) is 19.8. The maximum absolute atomic E-state index is 13.1. The van der Waals surface area contributed by atoms with Crippen molar-refractivity contribution in [3.63, 3.8) is 0 Å². The summed E-state index contributed by atoms with van der Waals surface area (Å²) in [5, 5.41) is 3.46. The van der Waals surface area contributed by atoms with Crippen LogP contribution in [0, 0.1) is 13.8 Å². The first-order valence-electron chi connectivity index (χ1n) is 10.3. The highest BCUT2D eigenvalue weighted by molar-refractivity contribution is 5.95. The summed E-state index contributed by atoms with van der Waals surface area (Å²) in [6, 6.07) is 20.0. The number of aryl methyl sites for hydroxylation is 2. The molecule has 0 saturated heterocycles. The van der Waals surface area contributed by atoms with Crippen LogP contribution in [0.15, 0.2) is 71.5 Å². The largest absolute Gasteiger partial charge is 0.485 e. The Balaban J connectivity index is 1.40. The van der Waals surface area contributed by atoms with Gasteiger partial charge in [0.1, 0.15) is 12.4 Å². The molecule has 1 atom stereocenters. The number of benzene rings is 3. The van der Waals surface area contributed by atoms with Crippen LogP contribution >= 0.6 is 0 Å². The molecule has 1 unspecified atom stereocenters. The maximum Gasteiger partial charge on any atom is 0.269 e. The molecular weight excluding hydrogens is 406 g/mol. The average Bonchev–Trinajstić information content (AvgIpc) is 2.80. The minimum atomic E-state index is -0.751. The molecule has 1 N–H and O–H groups in total. The van der Waals surface area contributed by atoms with Crippen LogP contribution in [-0.2, 0) is 4.79 Å². The fourth-order valence-electron chi connectivity index (χ4n) is 3.84. The van der Waals surface area contributed by atoms with Crippen LogP contribution < -0.4 is 20.3 Å². The average molecular weight is 427 g/mol. The normalized spacial score (nSPS) is 14.9. The van der Waals surface area contributed by atoms with E-state index in [1.807, 2.05) is 43.3 Å². The lowest BCUT2D eigenvalue weighted by atomic mass is 10.1. The van der Waals surface area contributed by atoms with Crippen molar-refractivity contribution < 1.29 is 14.3 Å². The van der Waals surface area contributed by atoms with Gasteiger partial charge in [0.05, 0.1) is 16.6 Å². The Kier molecular flexibility index (Phi) is 4.86. The summed E-state index contributed by atoms with van der Waals surface area (Å²) in [6.45, 7) is 3.82. The molecule has 5 rings (SSSR count). The summed E-state index contributed by atoms with van der Waals surface area (Å²) in [4.78, 5) is 30.4. The third-order valence-corrected chi connectivity index (χ3v) is 5.47. The maximum atomic E-state index is 13.1. The molecule has 1 aliphatic rings. The van der Waals surface area contributed by atoms with Gasteiger partial charge >= 0.3 is 0 Å². The van der Waals surface area contributed by atoms with E-state index in [0.717, 1.165) is 5.56 Å². The van der Waals surface area contributed by atoms with Crippen molar-refractivity contribution in [3.8, 4) is 17.2 Å². The van der Waals surface area contributed by atoms with Crippen molar-refractivity contribution in [1.82, 2.24) is 9.55 Å². The van der Waals surface area contributed by atoms with Gasteiger partial charge in [-0.15, -0.1) is 0 Å². The molecule has 0 aliphatic carbocycles. The number of aromatic nitrogens is 2. The number of fused-ring (bicyclic) bond motifs is 2. The molecule has 32 heavy (non-hydrogen) atoms. The molecule has 1 aliphatic heterocycles. The van der Waals surface area contributed by atoms with Gasteiger partial charge in [-0.25, -0.2) is 4.98 Å². The van der Waals surface area contributed by atoms with Crippen molar-refractivity contribution in [1.29, 1.82) is 0 Å². The topological polar surface area (TPSA) is 82.5 Å². The number of carbonyl (C=O) groups excluding carboxylic acids is 1. The third-order valence-electron chi connectivity index (χ3n) is 5.47. The van der Waals surface area contributed by atoms with Crippen LogP contribution in [0.4, 0.5) is 5.69 Å². The van der Waals surface area contributed by atoms with Gasteiger partial charge in [0, 0.05) is 5.69 Å². The van der Waals surface area contributed by atoms with E-state index in [9.17, 15) is 9.59 Å². The lowest BCUT2D eigenvalue weighted by Crippen LogP contribution is -2.40. The molecule has 2 heterocycles. The molecule has 0 bridgehead atoms. The van der Waals surface area contributed by atoms with Crippen molar-refractivity contribution in [2.45, 2.75) is 20.0 Å². The lowest BCUT2D eigenvalue weighted by molar-refractivity contribution is -0.125. The van der Waals surface area contributed by atoms with E-state index < -0.39 is 6.10 Å². The Labute approximate surface area is 184 Å². The van der Waals surface area contributed by atoms with Crippen LogP contribution in [-0.4, -0.2) is 28.2 Å². The van der Waals surface area contributed by atoms with Crippen LogP contribution in [0.3, 0.4) is 0 Å². The van der Waals surface area contributed by atoms with Crippen molar-refractivity contribution in [2.24, 2.45) is 0 Å². The highest BCUT2D eigenvalue weighted by Crippen LogP contribution is 2.31. The molecule has 7 heteroatoms. The van der Waals surface area contributed by atoms with Crippen molar-refractivity contribution >= 4 is 22.5 Å². The van der Waals surface area contributed by atoms with Gasteiger partial charge < -0.3 is 14.8 Å². The third kappa shape index (κ3) is 3.47. The second-order valence-electron chi connectivity index (χ2n) is 7.67. The summed E-state index contributed by atoms with van der Waals surface area (Å²) >= 11 is 0. The van der Waals surface area contributed by atoms with Gasteiger partial charge in [-0.3, -0.25) is 14.2 Å². The Hall–Kier alpha value is -4.13. The summed E-state index contributed by atoms with van der Waals surface area (Å²) in [7, 11) is 0. The molecule has 4 aromatic rings. The number of hydrogen-bond donors (Lipinski definition) is 1. The molecule has 1 amide bonds. The molecule has 0 spiro atoms. The number of anilines is 1. The zero-order valence-electron chi connectivity index (χ0n) is 17.7. The van der Waals surface area contributed by atoms with Crippen LogP contribution in [0.5, 0.6) is 11.5 Å². The van der Waals surface area contributed by atoms with E-state index >= 15 is 0 Å². The second-order valence-corrected chi connectivity index (χ2v) is 7.67. The van der Waals surface area contributed by atoms with E-state index in [0.29, 0.717) is 39.6 Å². The number of nitrogens with zero attached hydrogens (tertiary/aromatic N) is 2. The van der Waals surface area contributed by atoms with Gasteiger partial charge in [0.2, 0.25) is 6.10 Å². The number of ether oxygens (including phenoxy) is 2. The fraction of sp³-hybridized carbons (Fsp3) is 0.160. The van der Waals surface area contributed by atoms with E-state index in [1.54, 1.807) is 41.8 Å². The summed E-state index contributed by atoms with van der Waals surface area (Å²) in [5.41, 5.74) is 2.68. The van der Waals surface area contributed by atoms with Crippen molar-refractivity contribution in [2.75, 3.05) is 11.9 Å². The molecule has 0 radical (unpaired) electrons. The molecule has 0 saturated carbocycles. The van der Waals surface area contributed by atoms with Gasteiger partial charge in [-0.2, -0.15) is 0 Å². The highest BCUT2D eigenvalue weighted by Gasteiger charge is 2.27. The zero-order valence-corrected chi connectivity index (χ0v) is 17.7. The molecule has 160 valence electrons. The van der Waals surface area contributed by atoms with Gasteiger partial charge in [0.15, 0.2) is 11.5 Å². The number of rotatable bonds is 3. The minimum absolute atomic E-state index is 0.129. The Bertz CT molecular complexity index is 1410. The Morgan fingerprint density at radius 2 is 1.78 bits per heavy atom. The molecule has 0 fully saturated rings. The van der Waals surface area contributed by atoms with Gasteiger partial charge in [-0.1, -0.05) is 24.3 Å². The van der Waals surface area contributed by atoms with Crippen LogP contribution in [0.1, 0.15) is 11.4 Å². The molecule has 1 aromatic heterocycles. The van der Waals surface area contributed by atoms with E-state index in [4.69, 9.17) is 9.47 Å². The van der Waals surface area contributed by atoms with Crippen LogP contribution in [0.25, 0.3) is 16.6 Å². The predicted octanol–water partition coefficient (Wildman–Crippen LogP) is 3.78. The molecule has 3 aromatic carbocycles. The zero-order chi connectivity index (χ0) is 22.2. The van der Waals surface area contributed by atoms with Gasteiger partial charge in [-0.05, 0) is 61.9 Å².